The van der Waals surface area contributed by atoms with Crippen molar-refractivity contribution < 1.29 is 9.53 Å². The molecule has 2 atom stereocenters. The molecule has 0 aromatic heterocycles. The van der Waals surface area contributed by atoms with Crippen molar-refractivity contribution in [2.24, 2.45) is 0 Å². The van der Waals surface area contributed by atoms with E-state index in [2.05, 4.69) is 23.5 Å². The first-order valence-corrected chi connectivity index (χ1v) is 5.14. The minimum atomic E-state index is -0.245. The van der Waals surface area contributed by atoms with Crippen molar-refractivity contribution in [2.75, 3.05) is 19.8 Å². The van der Waals surface area contributed by atoms with E-state index in [0.717, 1.165) is 13.0 Å². The molecule has 1 heterocycles. The van der Waals surface area contributed by atoms with Crippen LogP contribution in [-0.4, -0.2) is 37.2 Å². The highest BCUT2D eigenvalue weighted by molar-refractivity contribution is 5.81. The number of ether oxygens (including phenoxy) is 1. The fraction of sp³-hybridized carbons (Fsp3) is 0.727. The molecule has 0 bridgehead atoms. The van der Waals surface area contributed by atoms with E-state index >= 15 is 0 Å². The van der Waals surface area contributed by atoms with Crippen LogP contribution in [0.25, 0.3) is 0 Å². The van der Waals surface area contributed by atoms with Gasteiger partial charge in [-0.15, -0.1) is 6.42 Å². The lowest BCUT2D eigenvalue weighted by molar-refractivity contribution is -0.123. The smallest absolute Gasteiger partial charge is 0.237 e. The van der Waals surface area contributed by atoms with Crippen LogP contribution >= 0.6 is 0 Å². The van der Waals surface area contributed by atoms with Crippen LogP contribution in [-0.2, 0) is 9.53 Å². The lowest BCUT2D eigenvalue weighted by atomic mass is 10.0. The van der Waals surface area contributed by atoms with E-state index in [9.17, 15) is 4.79 Å². The maximum absolute atomic E-state index is 11.5. The van der Waals surface area contributed by atoms with Gasteiger partial charge in [-0.05, 0) is 20.3 Å². The SMILES string of the molecule is C#CCNC(=O)C(C)NC1(C)CCOC1. The number of nitrogens with one attached hydrogen (secondary N) is 2. The van der Waals surface area contributed by atoms with Gasteiger partial charge in [-0.2, -0.15) is 0 Å². The van der Waals surface area contributed by atoms with Crippen LogP contribution < -0.4 is 10.6 Å². The molecular formula is C11H18N2O2. The molecule has 1 rings (SSSR count). The third-order valence-electron chi connectivity index (χ3n) is 2.54. The quantitative estimate of drug-likeness (QED) is 0.637. The largest absolute Gasteiger partial charge is 0.379 e. The molecule has 84 valence electrons. The van der Waals surface area contributed by atoms with Gasteiger partial charge in [0, 0.05) is 12.1 Å². The Morgan fingerprint density at radius 1 is 1.73 bits per heavy atom. The van der Waals surface area contributed by atoms with Crippen LogP contribution in [0.5, 0.6) is 0 Å². The van der Waals surface area contributed by atoms with Crippen molar-refractivity contribution >= 4 is 5.91 Å². The molecule has 0 radical (unpaired) electrons. The van der Waals surface area contributed by atoms with Crippen LogP contribution in [0.3, 0.4) is 0 Å². The average molecular weight is 210 g/mol. The second-order valence-electron chi connectivity index (χ2n) is 4.15. The predicted molar refractivity (Wildman–Crippen MR) is 58.3 cm³/mol. The molecule has 4 heteroatoms. The van der Waals surface area contributed by atoms with Gasteiger partial charge < -0.3 is 10.1 Å². The molecule has 4 nitrogen and oxygen atoms in total. The summed E-state index contributed by atoms with van der Waals surface area (Å²) in [5, 5.41) is 5.90. The van der Waals surface area contributed by atoms with Gasteiger partial charge in [-0.1, -0.05) is 5.92 Å². The van der Waals surface area contributed by atoms with Gasteiger partial charge in [0.2, 0.25) is 5.91 Å². The van der Waals surface area contributed by atoms with Gasteiger partial charge in [0.15, 0.2) is 0 Å². The summed E-state index contributed by atoms with van der Waals surface area (Å²) >= 11 is 0. The Morgan fingerprint density at radius 2 is 2.47 bits per heavy atom. The van der Waals surface area contributed by atoms with Crippen LogP contribution in [0.15, 0.2) is 0 Å². The minimum Gasteiger partial charge on any atom is -0.379 e. The summed E-state index contributed by atoms with van der Waals surface area (Å²) in [6.07, 6.45) is 5.99. The third kappa shape index (κ3) is 3.54. The zero-order valence-electron chi connectivity index (χ0n) is 9.30. The number of carbonyl (C=O) groups excluding carboxylic acids is 1. The summed E-state index contributed by atoms with van der Waals surface area (Å²) in [5.41, 5.74) is -0.0904. The highest BCUT2D eigenvalue weighted by Crippen LogP contribution is 2.17. The van der Waals surface area contributed by atoms with E-state index in [0.29, 0.717) is 6.61 Å². The second kappa shape index (κ2) is 5.15. The zero-order chi connectivity index (χ0) is 11.3. The first-order valence-electron chi connectivity index (χ1n) is 5.14. The van der Waals surface area contributed by atoms with Gasteiger partial charge in [-0.25, -0.2) is 0 Å². The van der Waals surface area contributed by atoms with Crippen molar-refractivity contribution in [3.63, 3.8) is 0 Å². The Morgan fingerprint density at radius 3 is 3.00 bits per heavy atom. The molecule has 0 aromatic carbocycles. The Balaban J connectivity index is 2.37. The molecule has 2 N–H and O–H groups in total. The van der Waals surface area contributed by atoms with Crippen molar-refractivity contribution in [1.29, 1.82) is 0 Å². The number of rotatable bonds is 4. The van der Waals surface area contributed by atoms with E-state index in [1.54, 1.807) is 0 Å². The predicted octanol–water partition coefficient (Wildman–Crippen LogP) is -0.107. The average Bonchev–Trinajstić information content (AvgIpc) is 2.61. The van der Waals surface area contributed by atoms with Crippen molar-refractivity contribution in [2.45, 2.75) is 31.8 Å². The Kier molecular flexibility index (Phi) is 4.13. The van der Waals surface area contributed by atoms with Crippen LogP contribution in [0, 0.1) is 12.3 Å². The summed E-state index contributed by atoms with van der Waals surface area (Å²) in [6.45, 7) is 5.57. The number of amides is 1. The van der Waals surface area contributed by atoms with Crippen LogP contribution in [0.2, 0.25) is 0 Å². The highest BCUT2D eigenvalue weighted by atomic mass is 16.5. The van der Waals surface area contributed by atoms with Gasteiger partial charge >= 0.3 is 0 Å². The zero-order valence-corrected chi connectivity index (χ0v) is 9.30. The maximum atomic E-state index is 11.5. The lowest BCUT2D eigenvalue weighted by Crippen LogP contribution is -2.53. The number of hydrogen-bond acceptors (Lipinski definition) is 3. The summed E-state index contributed by atoms with van der Waals surface area (Å²) in [4.78, 5) is 11.5. The van der Waals surface area contributed by atoms with Crippen molar-refractivity contribution in [1.82, 2.24) is 10.6 Å². The molecule has 1 amide bonds. The molecule has 1 aliphatic rings. The highest BCUT2D eigenvalue weighted by Gasteiger charge is 2.32. The Labute approximate surface area is 90.8 Å². The molecule has 2 unspecified atom stereocenters. The number of hydrogen-bond donors (Lipinski definition) is 2. The third-order valence-corrected chi connectivity index (χ3v) is 2.54. The van der Waals surface area contributed by atoms with E-state index in [1.807, 2.05) is 6.92 Å². The molecule has 0 spiro atoms. The summed E-state index contributed by atoms with van der Waals surface area (Å²) in [5.74, 6) is 2.30. The molecule has 0 aromatic rings. The Bertz CT molecular complexity index is 264. The minimum absolute atomic E-state index is 0.0684. The molecular weight excluding hydrogens is 192 g/mol. The van der Waals surface area contributed by atoms with Crippen molar-refractivity contribution in [3.8, 4) is 12.3 Å². The number of carbonyl (C=O) groups is 1. The summed E-state index contributed by atoms with van der Waals surface area (Å²) in [7, 11) is 0. The lowest BCUT2D eigenvalue weighted by Gasteiger charge is -2.27. The van der Waals surface area contributed by atoms with Gasteiger partial charge in [0.25, 0.3) is 0 Å². The fourth-order valence-electron chi connectivity index (χ4n) is 1.66. The fourth-order valence-corrected chi connectivity index (χ4v) is 1.66. The van der Waals surface area contributed by atoms with E-state index in [1.165, 1.54) is 0 Å². The van der Waals surface area contributed by atoms with E-state index in [-0.39, 0.29) is 24.0 Å². The maximum Gasteiger partial charge on any atom is 0.237 e. The normalized spacial score (nSPS) is 27.0. The molecule has 0 aliphatic carbocycles. The van der Waals surface area contributed by atoms with Gasteiger partial charge in [0.05, 0.1) is 19.2 Å². The van der Waals surface area contributed by atoms with E-state index < -0.39 is 0 Å². The Hall–Kier alpha value is -1.05. The second-order valence-corrected chi connectivity index (χ2v) is 4.15. The van der Waals surface area contributed by atoms with Crippen molar-refractivity contribution in [3.05, 3.63) is 0 Å². The summed E-state index contributed by atoms with van der Waals surface area (Å²) < 4.78 is 5.30. The molecule has 1 saturated heterocycles. The van der Waals surface area contributed by atoms with Crippen LogP contribution in [0.1, 0.15) is 20.3 Å². The molecule has 0 saturated carbocycles. The molecule has 1 fully saturated rings. The first-order chi connectivity index (χ1) is 7.07. The van der Waals surface area contributed by atoms with Crippen LogP contribution in [0.4, 0.5) is 0 Å². The molecule has 1 aliphatic heterocycles. The summed E-state index contributed by atoms with van der Waals surface area (Å²) in [6, 6.07) is -0.245. The van der Waals surface area contributed by atoms with E-state index in [4.69, 9.17) is 11.2 Å². The van der Waals surface area contributed by atoms with Gasteiger partial charge in [-0.3, -0.25) is 10.1 Å². The molecule has 15 heavy (non-hydrogen) atoms. The number of terminal acetylenes is 1. The monoisotopic (exact) mass is 210 g/mol. The topological polar surface area (TPSA) is 50.4 Å². The van der Waals surface area contributed by atoms with Gasteiger partial charge in [0.1, 0.15) is 0 Å². The standard InChI is InChI=1S/C11H18N2O2/c1-4-6-12-10(14)9(2)13-11(3)5-7-15-8-11/h1,9,13H,5-8H2,2-3H3,(H,12,14). The first kappa shape index (κ1) is 12.0.